The van der Waals surface area contributed by atoms with E-state index in [0.717, 1.165) is 39.0 Å². The molecule has 0 aliphatic rings. The van der Waals surface area contributed by atoms with Crippen molar-refractivity contribution in [3.8, 4) is 0 Å². The zero-order chi connectivity index (χ0) is 18.2. The zero-order valence-electron chi connectivity index (χ0n) is 14.5. The molecular formula is C24H16ClNO. The Morgan fingerprint density at radius 1 is 0.556 bits per heavy atom. The van der Waals surface area contributed by atoms with E-state index in [4.69, 9.17) is 16.0 Å². The second kappa shape index (κ2) is 6.49. The van der Waals surface area contributed by atoms with Crippen LogP contribution in [0.1, 0.15) is 0 Å². The smallest absolute Gasteiger partial charge is 0.159 e. The number of benzene rings is 4. The minimum atomic E-state index is 0.626. The van der Waals surface area contributed by atoms with Crippen LogP contribution in [-0.2, 0) is 0 Å². The molecule has 0 bridgehead atoms. The number of furan rings is 1. The second-order valence-electron chi connectivity index (χ2n) is 6.38. The Hall–Kier alpha value is -3.23. The number of hydrogen-bond donors (Lipinski definition) is 0. The maximum Gasteiger partial charge on any atom is 0.159 e. The molecule has 2 nitrogen and oxygen atoms in total. The third-order valence-corrected chi connectivity index (χ3v) is 5.02. The van der Waals surface area contributed by atoms with Crippen LogP contribution in [0.3, 0.4) is 0 Å². The fourth-order valence-electron chi connectivity index (χ4n) is 3.53. The first-order valence-electron chi connectivity index (χ1n) is 8.83. The maximum absolute atomic E-state index is 6.39. The van der Waals surface area contributed by atoms with Crippen LogP contribution in [-0.4, -0.2) is 0 Å². The molecule has 0 aliphatic carbocycles. The van der Waals surface area contributed by atoms with Crippen molar-refractivity contribution in [3.05, 3.63) is 102 Å². The van der Waals surface area contributed by atoms with Gasteiger partial charge in [-0.05, 0) is 36.4 Å². The van der Waals surface area contributed by atoms with Crippen LogP contribution in [0.5, 0.6) is 0 Å². The van der Waals surface area contributed by atoms with Crippen LogP contribution < -0.4 is 4.90 Å². The lowest BCUT2D eigenvalue weighted by Crippen LogP contribution is -2.09. The monoisotopic (exact) mass is 369 g/mol. The van der Waals surface area contributed by atoms with E-state index < -0.39 is 0 Å². The quantitative estimate of drug-likeness (QED) is 0.324. The van der Waals surface area contributed by atoms with Crippen molar-refractivity contribution in [2.45, 2.75) is 0 Å². The SMILES string of the molecule is Clc1cccc2c1oc1c(N(c3ccccc3)c3ccccc3)cccc12. The van der Waals surface area contributed by atoms with Gasteiger partial charge >= 0.3 is 0 Å². The Labute approximate surface area is 162 Å². The summed E-state index contributed by atoms with van der Waals surface area (Å²) in [7, 11) is 0. The summed E-state index contributed by atoms with van der Waals surface area (Å²) in [4.78, 5) is 2.21. The molecule has 1 heterocycles. The van der Waals surface area contributed by atoms with Crippen LogP contribution in [0.2, 0.25) is 5.02 Å². The molecule has 0 saturated heterocycles. The van der Waals surface area contributed by atoms with Crippen molar-refractivity contribution in [1.29, 1.82) is 0 Å². The molecule has 27 heavy (non-hydrogen) atoms. The standard InChI is InChI=1S/C24H16ClNO/c25-21-15-7-13-19-20-14-8-16-22(24(20)27-23(19)21)26(17-9-3-1-4-10-17)18-11-5-2-6-12-18/h1-16H. The molecule has 5 rings (SSSR count). The molecule has 0 radical (unpaired) electrons. The van der Waals surface area contributed by atoms with Gasteiger partial charge in [0.15, 0.2) is 11.2 Å². The van der Waals surface area contributed by atoms with Gasteiger partial charge in [0.2, 0.25) is 0 Å². The van der Waals surface area contributed by atoms with Gasteiger partial charge in [-0.15, -0.1) is 0 Å². The van der Waals surface area contributed by atoms with Crippen molar-refractivity contribution in [3.63, 3.8) is 0 Å². The lowest BCUT2D eigenvalue weighted by molar-refractivity contribution is 0.669. The molecule has 0 saturated carbocycles. The number of halogens is 1. The van der Waals surface area contributed by atoms with E-state index in [1.165, 1.54) is 0 Å². The molecule has 0 N–H and O–H groups in total. The number of nitrogens with zero attached hydrogens (tertiary/aromatic N) is 1. The van der Waals surface area contributed by atoms with E-state index in [2.05, 4.69) is 47.4 Å². The highest BCUT2D eigenvalue weighted by Crippen LogP contribution is 2.42. The summed E-state index contributed by atoms with van der Waals surface area (Å²) in [5, 5.41) is 2.71. The lowest BCUT2D eigenvalue weighted by atomic mass is 10.1. The minimum absolute atomic E-state index is 0.626. The van der Waals surface area contributed by atoms with Crippen molar-refractivity contribution in [2.24, 2.45) is 0 Å². The Kier molecular flexibility index (Phi) is 3.84. The highest BCUT2D eigenvalue weighted by Gasteiger charge is 2.19. The highest BCUT2D eigenvalue weighted by atomic mass is 35.5. The Balaban J connectivity index is 1.83. The molecule has 1 aromatic heterocycles. The van der Waals surface area contributed by atoms with E-state index in [-0.39, 0.29) is 0 Å². The molecule has 5 aromatic rings. The molecule has 130 valence electrons. The summed E-state index contributed by atoms with van der Waals surface area (Å²) >= 11 is 6.39. The van der Waals surface area contributed by atoms with Gasteiger partial charge in [-0.3, -0.25) is 0 Å². The van der Waals surface area contributed by atoms with Gasteiger partial charge in [0, 0.05) is 22.1 Å². The van der Waals surface area contributed by atoms with Gasteiger partial charge in [0.25, 0.3) is 0 Å². The van der Waals surface area contributed by atoms with Gasteiger partial charge in [0.1, 0.15) is 0 Å². The molecule has 4 aromatic carbocycles. The maximum atomic E-state index is 6.39. The van der Waals surface area contributed by atoms with Gasteiger partial charge < -0.3 is 9.32 Å². The topological polar surface area (TPSA) is 16.4 Å². The number of rotatable bonds is 3. The largest absolute Gasteiger partial charge is 0.452 e. The van der Waals surface area contributed by atoms with Crippen molar-refractivity contribution in [2.75, 3.05) is 4.90 Å². The fraction of sp³-hybridized carbons (Fsp3) is 0. The first kappa shape index (κ1) is 16.0. The van der Waals surface area contributed by atoms with Crippen molar-refractivity contribution < 1.29 is 4.42 Å². The summed E-state index contributed by atoms with van der Waals surface area (Å²) < 4.78 is 6.26. The zero-order valence-corrected chi connectivity index (χ0v) is 15.2. The fourth-order valence-corrected chi connectivity index (χ4v) is 3.74. The minimum Gasteiger partial charge on any atom is -0.452 e. The average Bonchev–Trinajstić information content (AvgIpc) is 3.11. The van der Waals surface area contributed by atoms with E-state index in [0.29, 0.717) is 5.02 Å². The molecule has 0 fully saturated rings. The predicted molar refractivity (Wildman–Crippen MR) is 113 cm³/mol. The predicted octanol–water partition coefficient (Wildman–Crippen LogP) is 7.71. The van der Waals surface area contributed by atoms with Crippen LogP contribution in [0.25, 0.3) is 21.9 Å². The van der Waals surface area contributed by atoms with Gasteiger partial charge in [-0.2, -0.15) is 0 Å². The van der Waals surface area contributed by atoms with E-state index >= 15 is 0 Å². The molecule has 0 atom stereocenters. The summed E-state index contributed by atoms with van der Waals surface area (Å²) in [5.41, 5.74) is 4.68. The van der Waals surface area contributed by atoms with Crippen LogP contribution >= 0.6 is 11.6 Å². The van der Waals surface area contributed by atoms with Crippen LogP contribution in [0.15, 0.2) is 101 Å². The van der Waals surface area contributed by atoms with Crippen molar-refractivity contribution in [1.82, 2.24) is 0 Å². The molecule has 0 unspecified atom stereocenters. The molecule has 0 amide bonds. The summed E-state index contributed by atoms with van der Waals surface area (Å²) in [5.74, 6) is 0. The van der Waals surface area contributed by atoms with Gasteiger partial charge in [-0.25, -0.2) is 0 Å². The molecule has 3 heteroatoms. The lowest BCUT2D eigenvalue weighted by Gasteiger charge is -2.25. The normalized spacial score (nSPS) is 11.1. The summed E-state index contributed by atoms with van der Waals surface area (Å²) in [6.45, 7) is 0. The van der Waals surface area contributed by atoms with Crippen molar-refractivity contribution >= 4 is 50.6 Å². The first-order chi connectivity index (χ1) is 13.3. The molecule has 0 spiro atoms. The van der Waals surface area contributed by atoms with E-state index in [9.17, 15) is 0 Å². The van der Waals surface area contributed by atoms with E-state index in [1.807, 2.05) is 54.6 Å². The number of anilines is 3. The highest BCUT2D eigenvalue weighted by molar-refractivity contribution is 6.36. The van der Waals surface area contributed by atoms with Crippen LogP contribution in [0.4, 0.5) is 17.1 Å². The van der Waals surface area contributed by atoms with Crippen LogP contribution in [0, 0.1) is 0 Å². The average molecular weight is 370 g/mol. The first-order valence-corrected chi connectivity index (χ1v) is 9.21. The Morgan fingerprint density at radius 3 is 1.74 bits per heavy atom. The van der Waals surface area contributed by atoms with Gasteiger partial charge in [-0.1, -0.05) is 72.3 Å². The molecule has 0 aliphatic heterocycles. The number of hydrogen-bond acceptors (Lipinski definition) is 2. The number of fused-ring (bicyclic) bond motifs is 3. The third-order valence-electron chi connectivity index (χ3n) is 4.73. The van der Waals surface area contributed by atoms with Gasteiger partial charge in [0.05, 0.1) is 10.7 Å². The Bertz CT molecular complexity index is 1190. The van der Waals surface area contributed by atoms with E-state index in [1.54, 1.807) is 0 Å². The Morgan fingerprint density at radius 2 is 1.11 bits per heavy atom. The molecular weight excluding hydrogens is 354 g/mol. The second-order valence-corrected chi connectivity index (χ2v) is 6.79. The number of para-hydroxylation sites is 4. The third kappa shape index (κ3) is 2.66. The summed E-state index contributed by atoms with van der Waals surface area (Å²) in [6.07, 6.45) is 0. The summed E-state index contributed by atoms with van der Waals surface area (Å²) in [6, 6.07) is 32.7.